The summed E-state index contributed by atoms with van der Waals surface area (Å²) in [6.45, 7) is 1.86. The molecule has 0 saturated heterocycles. The quantitative estimate of drug-likeness (QED) is 0.726. The average Bonchev–Trinajstić information content (AvgIpc) is 2.29. The molecule has 0 spiro atoms. The van der Waals surface area contributed by atoms with Gasteiger partial charge in [0.1, 0.15) is 0 Å². The number of nitrogens with two attached hydrogens (primary N) is 1. The van der Waals surface area contributed by atoms with Crippen LogP contribution in [0.1, 0.15) is 12.5 Å². The maximum absolute atomic E-state index is 11.5. The molecule has 0 saturated carbocycles. The van der Waals surface area contributed by atoms with E-state index in [0.29, 0.717) is 5.02 Å². The van der Waals surface area contributed by atoms with Gasteiger partial charge in [0.15, 0.2) is 0 Å². The lowest BCUT2D eigenvalue weighted by Gasteiger charge is -2.15. The Morgan fingerprint density at radius 1 is 1.47 bits per heavy atom. The highest BCUT2D eigenvalue weighted by molar-refractivity contribution is 6.30. The van der Waals surface area contributed by atoms with Gasteiger partial charge in [-0.15, -0.1) is 0 Å². The highest BCUT2D eigenvalue weighted by Gasteiger charge is 2.10. The molecular weight excluding hydrogens is 240 g/mol. The van der Waals surface area contributed by atoms with Gasteiger partial charge in [0.2, 0.25) is 5.91 Å². The fraction of sp³-hybridized carbons (Fsp3) is 0.417. The zero-order chi connectivity index (χ0) is 12.8. The predicted molar refractivity (Wildman–Crippen MR) is 67.8 cm³/mol. The lowest BCUT2D eigenvalue weighted by molar-refractivity contribution is -0.120. The Morgan fingerprint density at radius 3 is 2.59 bits per heavy atom. The molecule has 2 atom stereocenters. The van der Waals surface area contributed by atoms with Gasteiger partial charge in [0, 0.05) is 17.6 Å². The van der Waals surface area contributed by atoms with Crippen LogP contribution in [0.25, 0.3) is 0 Å². The van der Waals surface area contributed by atoms with Crippen LogP contribution in [0.4, 0.5) is 0 Å². The summed E-state index contributed by atoms with van der Waals surface area (Å²) in [5.41, 5.74) is 6.48. The smallest absolute Gasteiger partial charge is 0.224 e. The van der Waals surface area contributed by atoms with Crippen molar-refractivity contribution in [2.24, 2.45) is 5.73 Å². The molecule has 0 radical (unpaired) electrons. The Bertz CT molecular complexity index is 365. The molecule has 1 aromatic carbocycles. The van der Waals surface area contributed by atoms with E-state index in [-0.39, 0.29) is 18.9 Å². The van der Waals surface area contributed by atoms with Crippen LogP contribution in [0, 0.1) is 0 Å². The predicted octanol–water partition coefficient (Wildman–Crippen LogP) is 0.707. The second kappa shape index (κ2) is 6.59. The van der Waals surface area contributed by atoms with E-state index in [1.807, 2.05) is 0 Å². The minimum atomic E-state index is -0.633. The van der Waals surface area contributed by atoms with Crippen LogP contribution in [0.3, 0.4) is 0 Å². The lowest BCUT2D eigenvalue weighted by atomic mass is 10.1. The molecule has 1 rings (SSSR count). The van der Waals surface area contributed by atoms with Gasteiger partial charge in [0.25, 0.3) is 0 Å². The average molecular weight is 257 g/mol. The number of carbonyl (C=O) groups is 1. The minimum Gasteiger partial charge on any atom is -0.392 e. The molecule has 0 aliphatic carbocycles. The molecule has 17 heavy (non-hydrogen) atoms. The largest absolute Gasteiger partial charge is 0.392 e. The normalized spacial score (nSPS) is 14.1. The fourth-order valence-corrected chi connectivity index (χ4v) is 1.38. The number of hydrogen-bond donors (Lipinski definition) is 3. The van der Waals surface area contributed by atoms with Crippen LogP contribution in [0.2, 0.25) is 5.02 Å². The van der Waals surface area contributed by atoms with E-state index in [0.717, 1.165) is 5.56 Å². The van der Waals surface area contributed by atoms with E-state index in [1.165, 1.54) is 0 Å². The van der Waals surface area contributed by atoms with Gasteiger partial charge in [-0.25, -0.2) is 0 Å². The van der Waals surface area contributed by atoms with Crippen molar-refractivity contribution in [1.82, 2.24) is 5.32 Å². The number of halogens is 1. The Labute approximate surface area is 106 Å². The third-order valence-electron chi connectivity index (χ3n) is 2.43. The summed E-state index contributed by atoms with van der Waals surface area (Å²) in [5, 5.41) is 12.5. The zero-order valence-electron chi connectivity index (χ0n) is 9.69. The number of aliphatic hydroxyl groups excluding tert-OH is 1. The second-order valence-electron chi connectivity index (χ2n) is 4.01. The van der Waals surface area contributed by atoms with Crippen LogP contribution in [0.5, 0.6) is 0 Å². The fourth-order valence-electron chi connectivity index (χ4n) is 1.25. The molecule has 0 aliphatic heterocycles. The monoisotopic (exact) mass is 256 g/mol. The first-order valence-corrected chi connectivity index (χ1v) is 5.81. The molecular formula is C12H17ClN2O2. The summed E-state index contributed by atoms with van der Waals surface area (Å²) in [7, 11) is 0. The minimum absolute atomic E-state index is 0.122. The van der Waals surface area contributed by atoms with Gasteiger partial charge in [-0.1, -0.05) is 23.7 Å². The SMILES string of the molecule is CC(O)C(N)CNC(=O)Cc1ccc(Cl)cc1. The third kappa shape index (κ3) is 5.17. The molecule has 0 bridgehead atoms. The Balaban J connectivity index is 2.37. The van der Waals surface area contributed by atoms with Crippen molar-refractivity contribution in [2.45, 2.75) is 25.5 Å². The lowest BCUT2D eigenvalue weighted by Crippen LogP contribution is -2.44. The number of benzene rings is 1. The summed E-state index contributed by atoms with van der Waals surface area (Å²) < 4.78 is 0. The number of amides is 1. The van der Waals surface area contributed by atoms with Gasteiger partial charge in [0.05, 0.1) is 12.5 Å². The highest BCUT2D eigenvalue weighted by Crippen LogP contribution is 2.09. The van der Waals surface area contributed by atoms with Crippen LogP contribution in [-0.2, 0) is 11.2 Å². The Kier molecular flexibility index (Phi) is 5.41. The highest BCUT2D eigenvalue weighted by atomic mass is 35.5. The second-order valence-corrected chi connectivity index (χ2v) is 4.45. The number of carbonyl (C=O) groups excluding carboxylic acids is 1. The van der Waals surface area contributed by atoms with E-state index in [4.69, 9.17) is 22.4 Å². The van der Waals surface area contributed by atoms with Crippen molar-refractivity contribution in [3.8, 4) is 0 Å². The van der Waals surface area contributed by atoms with Crippen LogP contribution >= 0.6 is 11.6 Å². The molecule has 0 aliphatic rings. The Hall–Kier alpha value is -1.10. The van der Waals surface area contributed by atoms with Crippen LogP contribution in [0.15, 0.2) is 24.3 Å². The summed E-state index contributed by atoms with van der Waals surface area (Å²) in [5.74, 6) is -0.122. The van der Waals surface area contributed by atoms with E-state index in [9.17, 15) is 4.79 Å². The van der Waals surface area contributed by atoms with Gasteiger partial charge < -0.3 is 16.2 Å². The topological polar surface area (TPSA) is 75.3 Å². The van der Waals surface area contributed by atoms with Crippen molar-refractivity contribution in [3.05, 3.63) is 34.9 Å². The number of nitrogens with one attached hydrogen (secondary N) is 1. The molecule has 2 unspecified atom stereocenters. The zero-order valence-corrected chi connectivity index (χ0v) is 10.4. The number of aliphatic hydroxyl groups is 1. The molecule has 94 valence electrons. The maximum Gasteiger partial charge on any atom is 0.224 e. The van der Waals surface area contributed by atoms with E-state index in [1.54, 1.807) is 31.2 Å². The molecule has 0 heterocycles. The van der Waals surface area contributed by atoms with E-state index < -0.39 is 12.1 Å². The van der Waals surface area contributed by atoms with Gasteiger partial charge >= 0.3 is 0 Å². The molecule has 5 heteroatoms. The Morgan fingerprint density at radius 2 is 2.06 bits per heavy atom. The first-order chi connectivity index (χ1) is 7.99. The molecule has 0 fully saturated rings. The first kappa shape index (κ1) is 14.0. The van der Waals surface area contributed by atoms with Gasteiger partial charge in [-0.05, 0) is 24.6 Å². The molecule has 1 aromatic rings. The first-order valence-electron chi connectivity index (χ1n) is 5.44. The van der Waals surface area contributed by atoms with Crippen molar-refractivity contribution in [1.29, 1.82) is 0 Å². The number of rotatable bonds is 5. The van der Waals surface area contributed by atoms with Crippen LogP contribution < -0.4 is 11.1 Å². The third-order valence-corrected chi connectivity index (χ3v) is 2.68. The summed E-state index contributed by atoms with van der Waals surface area (Å²) >= 11 is 5.74. The summed E-state index contributed by atoms with van der Waals surface area (Å²) in [6, 6.07) is 6.65. The van der Waals surface area contributed by atoms with Gasteiger partial charge in [-0.2, -0.15) is 0 Å². The van der Waals surface area contributed by atoms with Crippen LogP contribution in [-0.4, -0.2) is 29.7 Å². The molecule has 4 nitrogen and oxygen atoms in total. The summed E-state index contributed by atoms with van der Waals surface area (Å²) in [6.07, 6.45) is -0.352. The van der Waals surface area contributed by atoms with Crippen molar-refractivity contribution >= 4 is 17.5 Å². The van der Waals surface area contributed by atoms with E-state index >= 15 is 0 Å². The standard InChI is InChI=1S/C12H17ClN2O2/c1-8(16)11(14)7-15-12(17)6-9-2-4-10(13)5-3-9/h2-5,8,11,16H,6-7,14H2,1H3,(H,15,17). The van der Waals surface area contributed by atoms with Crippen molar-refractivity contribution in [2.75, 3.05) is 6.54 Å². The van der Waals surface area contributed by atoms with Gasteiger partial charge in [-0.3, -0.25) is 4.79 Å². The van der Waals surface area contributed by atoms with Crippen molar-refractivity contribution < 1.29 is 9.90 Å². The molecule has 0 aromatic heterocycles. The van der Waals surface area contributed by atoms with Crippen molar-refractivity contribution in [3.63, 3.8) is 0 Å². The maximum atomic E-state index is 11.5. The summed E-state index contributed by atoms with van der Waals surface area (Å²) in [4.78, 5) is 11.5. The number of hydrogen-bond acceptors (Lipinski definition) is 3. The molecule has 4 N–H and O–H groups in total. The van der Waals surface area contributed by atoms with E-state index in [2.05, 4.69) is 5.32 Å². The molecule has 1 amide bonds.